The Morgan fingerprint density at radius 3 is 2.60 bits per heavy atom. The molecule has 0 atom stereocenters. The molecular weight excluding hydrogens is 457 g/mol. The zero-order chi connectivity index (χ0) is 21.6. The van der Waals surface area contributed by atoms with Gasteiger partial charge in [-0.2, -0.15) is 16.8 Å². The summed E-state index contributed by atoms with van der Waals surface area (Å²) in [4.78, 5) is 18.9. The maximum absolute atomic E-state index is 12.5. The van der Waals surface area contributed by atoms with Crippen LogP contribution in [0.15, 0.2) is 63.3 Å². The van der Waals surface area contributed by atoms with Crippen LogP contribution in [-0.4, -0.2) is 42.9 Å². The van der Waals surface area contributed by atoms with Crippen LogP contribution in [-0.2, 0) is 21.2 Å². The molecule has 0 saturated carbocycles. The minimum absolute atomic E-state index is 0.142. The lowest BCUT2D eigenvalue weighted by molar-refractivity contribution is -0.118. The quantitative estimate of drug-likeness (QED) is 0.334. The Morgan fingerprint density at radius 2 is 1.90 bits per heavy atom. The number of thiazole rings is 1. The van der Waals surface area contributed by atoms with Gasteiger partial charge in [-0.25, -0.2) is 8.42 Å². The number of hydrogen-bond acceptors (Lipinski definition) is 6. The second-order valence-corrected chi connectivity index (χ2v) is 11.9. The molecule has 1 heterocycles. The highest BCUT2D eigenvalue weighted by Gasteiger charge is 2.13. The third kappa shape index (κ3) is 6.23. The molecule has 0 radical (unpaired) electrons. The second kappa shape index (κ2) is 10.7. The van der Waals surface area contributed by atoms with E-state index in [9.17, 15) is 13.2 Å². The number of carbonyl (C=O) groups is 1. The molecule has 3 aromatic rings. The molecule has 0 saturated heterocycles. The molecule has 0 unspecified atom stereocenters. The molecule has 0 aliphatic rings. The highest BCUT2D eigenvalue weighted by atomic mass is 32.2. The van der Waals surface area contributed by atoms with Crippen LogP contribution in [0.5, 0.6) is 0 Å². The number of rotatable bonds is 9. The molecule has 160 valence electrons. The number of aryl methyl sites for hydroxylation is 1. The van der Waals surface area contributed by atoms with E-state index in [1.54, 1.807) is 35.7 Å². The van der Waals surface area contributed by atoms with Crippen molar-refractivity contribution < 1.29 is 13.2 Å². The maximum Gasteiger partial charge on any atom is 0.248 e. The van der Waals surface area contributed by atoms with Gasteiger partial charge in [0.25, 0.3) is 0 Å². The summed E-state index contributed by atoms with van der Waals surface area (Å²) in [5.74, 6) is 1.60. The van der Waals surface area contributed by atoms with E-state index in [-0.39, 0.29) is 10.8 Å². The van der Waals surface area contributed by atoms with Gasteiger partial charge in [0.2, 0.25) is 5.91 Å². The number of sulfone groups is 1. The average Bonchev–Trinajstić information content (AvgIpc) is 3.06. The number of nitrogens with zero attached hydrogens (tertiary/aromatic N) is 2. The minimum atomic E-state index is -3.28. The number of thioether (sulfide) groups is 2. The average molecular weight is 481 g/mol. The van der Waals surface area contributed by atoms with Crippen LogP contribution >= 0.6 is 34.9 Å². The number of hydrogen-bond donors (Lipinski definition) is 0. The van der Waals surface area contributed by atoms with E-state index >= 15 is 0 Å². The largest absolute Gasteiger partial charge is 0.316 e. The van der Waals surface area contributed by atoms with Gasteiger partial charge in [-0.15, -0.1) is 11.8 Å². The topological polar surface area (TPSA) is 68.5 Å². The van der Waals surface area contributed by atoms with Gasteiger partial charge >= 0.3 is 0 Å². The summed E-state index contributed by atoms with van der Waals surface area (Å²) >= 11 is 4.82. The number of fused-ring (bicyclic) bond motifs is 1. The van der Waals surface area contributed by atoms with E-state index < -0.39 is 9.84 Å². The van der Waals surface area contributed by atoms with Gasteiger partial charge < -0.3 is 4.57 Å². The van der Waals surface area contributed by atoms with Gasteiger partial charge in [0.15, 0.2) is 14.6 Å². The first kappa shape index (κ1) is 23.1. The van der Waals surface area contributed by atoms with Crippen molar-refractivity contribution >= 4 is 60.8 Å². The van der Waals surface area contributed by atoms with Crippen molar-refractivity contribution in [2.24, 2.45) is 4.99 Å². The van der Waals surface area contributed by atoms with Gasteiger partial charge in [0.05, 0.1) is 15.1 Å². The van der Waals surface area contributed by atoms with E-state index in [0.717, 1.165) is 34.7 Å². The fraction of sp³-hybridized carbons (Fsp3) is 0.333. The fourth-order valence-corrected chi connectivity index (χ4v) is 5.93. The SMILES string of the molecule is CSCCn1c(=NC(=O)CCCSc2ccccc2)sc2cc(S(C)(=O)=O)ccc21. The van der Waals surface area contributed by atoms with E-state index in [0.29, 0.717) is 11.2 Å². The van der Waals surface area contributed by atoms with Gasteiger partial charge in [0, 0.05) is 29.9 Å². The molecule has 0 fully saturated rings. The van der Waals surface area contributed by atoms with Gasteiger partial charge in [-0.05, 0) is 48.8 Å². The lowest BCUT2D eigenvalue weighted by atomic mass is 10.3. The molecule has 0 aliphatic heterocycles. The maximum atomic E-state index is 12.5. The molecule has 0 bridgehead atoms. The molecule has 3 rings (SSSR count). The van der Waals surface area contributed by atoms with Crippen LogP contribution in [0, 0.1) is 0 Å². The first-order chi connectivity index (χ1) is 14.4. The third-order valence-corrected chi connectivity index (χ3v) is 8.21. The smallest absolute Gasteiger partial charge is 0.248 e. The van der Waals surface area contributed by atoms with E-state index in [1.807, 2.05) is 35.1 Å². The highest BCUT2D eigenvalue weighted by Crippen LogP contribution is 2.22. The van der Waals surface area contributed by atoms with E-state index in [2.05, 4.69) is 17.1 Å². The lowest BCUT2D eigenvalue weighted by Crippen LogP contribution is -2.18. The van der Waals surface area contributed by atoms with Crippen molar-refractivity contribution in [1.82, 2.24) is 4.57 Å². The second-order valence-electron chi connectivity index (χ2n) is 6.70. The predicted molar refractivity (Wildman–Crippen MR) is 128 cm³/mol. The highest BCUT2D eigenvalue weighted by molar-refractivity contribution is 7.99. The van der Waals surface area contributed by atoms with Gasteiger partial charge in [-0.3, -0.25) is 4.79 Å². The Kier molecular flexibility index (Phi) is 8.21. The first-order valence-electron chi connectivity index (χ1n) is 9.46. The molecule has 9 heteroatoms. The van der Waals surface area contributed by atoms with Gasteiger partial charge in [0.1, 0.15) is 0 Å². The number of carbonyl (C=O) groups excluding carboxylic acids is 1. The van der Waals surface area contributed by atoms with Crippen LogP contribution in [0.25, 0.3) is 10.2 Å². The first-order valence-corrected chi connectivity index (χ1v) is 14.5. The minimum Gasteiger partial charge on any atom is -0.316 e. The van der Waals surface area contributed by atoms with Crippen molar-refractivity contribution in [1.29, 1.82) is 0 Å². The van der Waals surface area contributed by atoms with E-state index in [1.165, 1.54) is 22.5 Å². The third-order valence-electron chi connectivity index (χ3n) is 4.37. The molecular formula is C21H24N2O3S4. The predicted octanol–water partition coefficient (Wildman–Crippen LogP) is 4.47. The molecule has 1 aromatic heterocycles. The Balaban J connectivity index is 1.78. The van der Waals surface area contributed by atoms with Crippen molar-refractivity contribution in [2.75, 3.05) is 24.0 Å². The summed E-state index contributed by atoms with van der Waals surface area (Å²) in [6.07, 6.45) is 4.39. The van der Waals surface area contributed by atoms with Crippen LogP contribution in [0.2, 0.25) is 0 Å². The molecule has 0 N–H and O–H groups in total. The monoisotopic (exact) mass is 480 g/mol. The van der Waals surface area contributed by atoms with Gasteiger partial charge in [-0.1, -0.05) is 29.5 Å². The van der Waals surface area contributed by atoms with Crippen molar-refractivity contribution in [2.45, 2.75) is 29.2 Å². The Morgan fingerprint density at radius 1 is 1.13 bits per heavy atom. The number of amides is 1. The van der Waals surface area contributed by atoms with Crippen LogP contribution in [0.4, 0.5) is 0 Å². The van der Waals surface area contributed by atoms with Crippen molar-refractivity contribution in [3.05, 3.63) is 53.3 Å². The summed E-state index contributed by atoms with van der Waals surface area (Å²) in [5, 5.41) is 0. The van der Waals surface area contributed by atoms with Crippen LogP contribution < -0.4 is 4.80 Å². The Bertz CT molecular complexity index is 1180. The zero-order valence-corrected chi connectivity index (χ0v) is 20.2. The zero-order valence-electron chi connectivity index (χ0n) is 16.9. The fourth-order valence-electron chi connectivity index (χ4n) is 2.86. The van der Waals surface area contributed by atoms with Crippen molar-refractivity contribution in [3.8, 4) is 0 Å². The Hall–Kier alpha value is -1.55. The van der Waals surface area contributed by atoms with E-state index in [4.69, 9.17) is 0 Å². The molecule has 5 nitrogen and oxygen atoms in total. The molecule has 0 aliphatic carbocycles. The normalized spacial score (nSPS) is 12.5. The summed E-state index contributed by atoms with van der Waals surface area (Å²) in [6.45, 7) is 0.718. The molecule has 1 amide bonds. The number of aromatic nitrogens is 1. The van der Waals surface area contributed by atoms with Crippen LogP contribution in [0.1, 0.15) is 12.8 Å². The van der Waals surface area contributed by atoms with Crippen LogP contribution in [0.3, 0.4) is 0 Å². The lowest BCUT2D eigenvalue weighted by Gasteiger charge is -2.04. The molecule has 0 spiro atoms. The summed E-state index contributed by atoms with van der Waals surface area (Å²) in [6, 6.07) is 15.2. The summed E-state index contributed by atoms with van der Waals surface area (Å²) < 4.78 is 26.6. The number of benzene rings is 2. The molecule has 2 aromatic carbocycles. The Labute approximate surface area is 189 Å². The summed E-state index contributed by atoms with van der Waals surface area (Å²) in [5.41, 5.74) is 0.910. The van der Waals surface area contributed by atoms with Crippen molar-refractivity contribution in [3.63, 3.8) is 0 Å². The summed E-state index contributed by atoms with van der Waals surface area (Å²) in [7, 11) is -3.28. The molecule has 30 heavy (non-hydrogen) atoms. The standard InChI is InChI=1S/C21H24N2O3S4/c1-27-14-12-23-18-11-10-17(30(2,25)26)15-19(18)29-21(23)22-20(24)9-6-13-28-16-7-4-3-5-8-16/h3-5,7-8,10-11,15H,6,9,12-14H2,1-2H3.